The van der Waals surface area contributed by atoms with Gasteiger partial charge in [0.2, 0.25) is 7.37 Å². The van der Waals surface area contributed by atoms with Crippen LogP contribution >= 0.6 is 19.1 Å². The van der Waals surface area contributed by atoms with Crippen LogP contribution in [0.4, 0.5) is 15.9 Å². The first kappa shape index (κ1) is 23.0. The van der Waals surface area contributed by atoms with E-state index >= 15 is 0 Å². The largest absolute Gasteiger partial charge is 0.398 e. The Morgan fingerprint density at radius 2 is 2.06 bits per heavy atom. The number of imidazole rings is 1. The Balaban J connectivity index is 1.79. The van der Waals surface area contributed by atoms with Crippen molar-refractivity contribution in [3.05, 3.63) is 54.2 Å². The van der Waals surface area contributed by atoms with E-state index in [4.69, 9.17) is 10.3 Å². The minimum absolute atomic E-state index is 0.000738. The molecule has 8 nitrogen and oxygen atoms in total. The Morgan fingerprint density at radius 1 is 1.32 bits per heavy atom. The van der Waals surface area contributed by atoms with Gasteiger partial charge < -0.3 is 20.1 Å². The lowest BCUT2D eigenvalue weighted by atomic mass is 10.1. The lowest BCUT2D eigenvalue weighted by molar-refractivity contribution is 0.102. The van der Waals surface area contributed by atoms with Gasteiger partial charge >= 0.3 is 0 Å². The minimum Gasteiger partial charge on any atom is -0.398 e. The zero-order valence-electron chi connectivity index (χ0n) is 17.5. The number of carbonyl (C=O) groups is 1. The second-order valence-corrected chi connectivity index (χ2v) is 10.6. The number of benzene rings is 1. The maximum Gasteiger partial charge on any atom is 0.258 e. The number of nitrogens with zero attached hydrogens (tertiary/aromatic N) is 3. The summed E-state index contributed by atoms with van der Waals surface area (Å²) in [7, 11) is -1.23. The SMILES string of the molecule is CC(C)OP(C)(=O)c1ccc(NC(=O)c2cc(Sc3nccn3C)c(F)cc2N)nc1. The number of hydrogen-bond donors (Lipinski definition) is 2. The van der Waals surface area contributed by atoms with Crippen LogP contribution in [0.1, 0.15) is 24.2 Å². The monoisotopic (exact) mass is 463 g/mol. The van der Waals surface area contributed by atoms with Gasteiger partial charge in [-0.15, -0.1) is 0 Å². The van der Waals surface area contributed by atoms with Crippen LogP contribution in [0.15, 0.2) is 52.9 Å². The Bertz CT molecular complexity index is 1150. The summed E-state index contributed by atoms with van der Waals surface area (Å²) in [6.07, 6.45) is 4.54. The van der Waals surface area contributed by atoms with Crippen LogP contribution < -0.4 is 16.4 Å². The summed E-state index contributed by atoms with van der Waals surface area (Å²) >= 11 is 1.08. The van der Waals surface area contributed by atoms with Crippen molar-refractivity contribution < 1.29 is 18.3 Å². The summed E-state index contributed by atoms with van der Waals surface area (Å²) in [5.41, 5.74) is 5.98. The third-order valence-corrected chi connectivity index (χ3v) is 7.33. The maximum atomic E-state index is 14.4. The molecular formula is C20H23FN5O3PS. The van der Waals surface area contributed by atoms with E-state index in [-0.39, 0.29) is 28.1 Å². The second kappa shape index (κ2) is 9.21. The molecule has 1 aromatic carbocycles. The second-order valence-electron chi connectivity index (χ2n) is 7.15. The average molecular weight is 463 g/mol. The van der Waals surface area contributed by atoms with Crippen molar-refractivity contribution in [1.82, 2.24) is 14.5 Å². The molecule has 31 heavy (non-hydrogen) atoms. The highest BCUT2D eigenvalue weighted by Crippen LogP contribution is 2.42. The quantitative estimate of drug-likeness (QED) is 0.404. The number of pyridine rings is 1. The van der Waals surface area contributed by atoms with Gasteiger partial charge in [-0.05, 0) is 49.9 Å². The molecule has 164 valence electrons. The minimum atomic E-state index is -3.01. The fraction of sp³-hybridized carbons (Fsp3) is 0.250. The number of carbonyl (C=O) groups excluding carboxylic acids is 1. The lowest BCUT2D eigenvalue weighted by Gasteiger charge is -2.17. The van der Waals surface area contributed by atoms with Gasteiger partial charge in [0.1, 0.15) is 11.6 Å². The molecule has 0 saturated carbocycles. The predicted molar refractivity (Wildman–Crippen MR) is 120 cm³/mol. The molecule has 1 atom stereocenters. The number of hydrogen-bond acceptors (Lipinski definition) is 7. The van der Waals surface area contributed by atoms with E-state index in [1.807, 2.05) is 0 Å². The zero-order chi connectivity index (χ0) is 22.8. The van der Waals surface area contributed by atoms with Gasteiger partial charge in [-0.25, -0.2) is 14.4 Å². The normalized spacial score (nSPS) is 13.2. The molecule has 11 heteroatoms. The number of nitrogens with one attached hydrogen (secondary N) is 1. The van der Waals surface area contributed by atoms with E-state index in [1.165, 1.54) is 25.0 Å². The van der Waals surface area contributed by atoms with E-state index in [2.05, 4.69) is 15.3 Å². The number of rotatable bonds is 7. The predicted octanol–water partition coefficient (Wildman–Crippen LogP) is 3.90. The van der Waals surface area contributed by atoms with Crippen LogP contribution in [0, 0.1) is 5.82 Å². The highest BCUT2D eigenvalue weighted by atomic mass is 32.2. The van der Waals surface area contributed by atoms with Crippen LogP contribution in [0.2, 0.25) is 0 Å². The van der Waals surface area contributed by atoms with Crippen LogP contribution in [-0.4, -0.2) is 33.2 Å². The van der Waals surface area contributed by atoms with Gasteiger partial charge in [-0.2, -0.15) is 0 Å². The molecule has 0 bridgehead atoms. The number of nitrogens with two attached hydrogens (primary N) is 1. The molecular weight excluding hydrogens is 440 g/mol. The Kier molecular flexibility index (Phi) is 6.83. The molecule has 0 saturated heterocycles. The van der Waals surface area contributed by atoms with Crippen molar-refractivity contribution in [2.24, 2.45) is 7.05 Å². The van der Waals surface area contributed by atoms with E-state index in [1.54, 1.807) is 43.9 Å². The molecule has 3 N–H and O–H groups in total. The van der Waals surface area contributed by atoms with Gasteiger partial charge in [0.25, 0.3) is 5.91 Å². The Morgan fingerprint density at radius 3 is 2.65 bits per heavy atom. The first-order chi connectivity index (χ1) is 14.6. The number of amides is 1. The van der Waals surface area contributed by atoms with E-state index in [9.17, 15) is 13.8 Å². The van der Waals surface area contributed by atoms with Gasteiger partial charge in [-0.1, -0.05) is 0 Å². The van der Waals surface area contributed by atoms with Crippen molar-refractivity contribution in [2.45, 2.75) is 30.0 Å². The molecule has 2 aromatic heterocycles. The molecule has 0 aliphatic heterocycles. The number of aromatic nitrogens is 3. The first-order valence-electron chi connectivity index (χ1n) is 9.35. The molecule has 0 aliphatic rings. The zero-order valence-corrected chi connectivity index (χ0v) is 19.2. The van der Waals surface area contributed by atoms with E-state index in [0.29, 0.717) is 10.5 Å². The number of nitrogen functional groups attached to an aromatic ring is 1. The van der Waals surface area contributed by atoms with Crippen molar-refractivity contribution in [3.63, 3.8) is 0 Å². The molecule has 0 fully saturated rings. The molecule has 0 spiro atoms. The summed E-state index contributed by atoms with van der Waals surface area (Å²) in [5, 5.41) is 3.63. The van der Waals surface area contributed by atoms with Gasteiger partial charge in [0, 0.05) is 38.0 Å². The lowest BCUT2D eigenvalue weighted by Crippen LogP contribution is -2.17. The summed E-state index contributed by atoms with van der Waals surface area (Å²) in [6, 6.07) is 5.59. The van der Waals surface area contributed by atoms with Crippen LogP contribution in [0.5, 0.6) is 0 Å². The van der Waals surface area contributed by atoms with E-state index in [0.717, 1.165) is 17.8 Å². The van der Waals surface area contributed by atoms with Crippen molar-refractivity contribution in [1.29, 1.82) is 0 Å². The summed E-state index contributed by atoms with van der Waals surface area (Å²) in [4.78, 5) is 21.2. The number of halogens is 1. The highest BCUT2D eigenvalue weighted by Gasteiger charge is 2.22. The third-order valence-electron chi connectivity index (χ3n) is 4.20. The maximum absolute atomic E-state index is 14.4. The fourth-order valence-corrected chi connectivity index (χ4v) is 5.13. The topological polar surface area (TPSA) is 112 Å². The molecule has 0 radical (unpaired) electrons. The first-order valence-corrected chi connectivity index (χ1v) is 12.2. The molecule has 1 amide bonds. The standard InChI is InChI=1S/C20H23FN5O3PS/c1-12(2)29-30(4,28)13-5-6-18(24-11-13)25-19(27)14-9-17(15(21)10-16(14)22)31-20-23-7-8-26(20)3/h5-12H,22H2,1-4H3,(H,24,25,27). The molecule has 1 unspecified atom stereocenters. The van der Waals surface area contributed by atoms with Crippen molar-refractivity contribution in [2.75, 3.05) is 17.7 Å². The molecule has 3 aromatic rings. The smallest absolute Gasteiger partial charge is 0.258 e. The van der Waals surface area contributed by atoms with Gasteiger partial charge in [-0.3, -0.25) is 9.36 Å². The molecule has 3 rings (SSSR count). The third kappa shape index (κ3) is 5.52. The summed E-state index contributed by atoms with van der Waals surface area (Å²) < 4.78 is 34.2. The average Bonchev–Trinajstić information content (AvgIpc) is 3.08. The van der Waals surface area contributed by atoms with Crippen LogP contribution in [-0.2, 0) is 16.1 Å². The number of anilines is 2. The van der Waals surface area contributed by atoms with E-state index < -0.39 is 19.1 Å². The molecule has 2 heterocycles. The van der Waals surface area contributed by atoms with Crippen LogP contribution in [0.25, 0.3) is 0 Å². The Hall–Kier alpha value is -2.68. The van der Waals surface area contributed by atoms with Gasteiger partial charge in [0.15, 0.2) is 5.16 Å². The van der Waals surface area contributed by atoms with Crippen LogP contribution in [0.3, 0.4) is 0 Å². The van der Waals surface area contributed by atoms with Crippen molar-refractivity contribution in [3.8, 4) is 0 Å². The van der Waals surface area contributed by atoms with Gasteiger partial charge in [0.05, 0.1) is 21.9 Å². The molecule has 0 aliphatic carbocycles. The van der Waals surface area contributed by atoms with Crippen molar-refractivity contribution >= 4 is 41.8 Å². The highest BCUT2D eigenvalue weighted by molar-refractivity contribution is 7.99. The summed E-state index contributed by atoms with van der Waals surface area (Å²) in [5.74, 6) is -0.855. The fourth-order valence-electron chi connectivity index (χ4n) is 2.74. The summed E-state index contributed by atoms with van der Waals surface area (Å²) in [6.45, 7) is 5.11. The Labute approximate surface area is 183 Å². The number of aryl methyl sites for hydroxylation is 1.